The Labute approximate surface area is 95.6 Å². The Morgan fingerprint density at radius 1 is 1.00 bits per heavy atom. The summed E-state index contributed by atoms with van der Waals surface area (Å²) < 4.78 is 0. The molecule has 0 saturated heterocycles. The third kappa shape index (κ3) is 9.96. The van der Waals surface area contributed by atoms with Crippen LogP contribution in [0.15, 0.2) is 0 Å². The Morgan fingerprint density at radius 3 is 2.07 bits per heavy atom. The molecule has 2 unspecified atom stereocenters. The molecule has 0 aliphatic heterocycles. The zero-order valence-electron chi connectivity index (χ0n) is 11.2. The summed E-state index contributed by atoms with van der Waals surface area (Å²) >= 11 is 0. The maximum absolute atomic E-state index is 10.8. The lowest BCUT2D eigenvalue weighted by molar-refractivity contribution is -0.117. The van der Waals surface area contributed by atoms with Crippen LogP contribution in [0.3, 0.4) is 0 Å². The van der Waals surface area contributed by atoms with Crippen molar-refractivity contribution in [3.05, 3.63) is 0 Å². The van der Waals surface area contributed by atoms with E-state index in [1.54, 1.807) is 6.92 Å². The molecule has 0 spiro atoms. The van der Waals surface area contributed by atoms with Crippen LogP contribution in [-0.2, 0) is 4.79 Å². The van der Waals surface area contributed by atoms with Gasteiger partial charge in [-0.05, 0) is 43.9 Å². The van der Waals surface area contributed by atoms with Crippen molar-refractivity contribution >= 4 is 5.78 Å². The molecule has 0 fully saturated rings. The molecule has 0 radical (unpaired) electrons. The van der Waals surface area contributed by atoms with Crippen LogP contribution in [0.1, 0.15) is 66.7 Å². The molecule has 2 atom stereocenters. The summed E-state index contributed by atoms with van der Waals surface area (Å²) in [6.07, 6.45) is 5.70. The summed E-state index contributed by atoms with van der Waals surface area (Å²) in [5.41, 5.74) is 0. The van der Waals surface area contributed by atoms with Gasteiger partial charge in [-0.2, -0.15) is 0 Å². The zero-order chi connectivity index (χ0) is 11.8. The molecule has 0 N–H and O–H groups in total. The Kier molecular flexibility index (Phi) is 7.72. The van der Waals surface area contributed by atoms with Gasteiger partial charge in [0.25, 0.3) is 0 Å². The monoisotopic (exact) mass is 212 g/mol. The summed E-state index contributed by atoms with van der Waals surface area (Å²) in [5, 5.41) is 0. The molecular formula is C14H28O. The van der Waals surface area contributed by atoms with Crippen LogP contribution in [0.2, 0.25) is 0 Å². The van der Waals surface area contributed by atoms with Crippen molar-refractivity contribution in [3.63, 3.8) is 0 Å². The lowest BCUT2D eigenvalue weighted by Crippen LogP contribution is -2.06. The Morgan fingerprint density at radius 2 is 1.60 bits per heavy atom. The Bertz CT molecular complexity index is 172. The lowest BCUT2D eigenvalue weighted by atomic mass is 9.88. The maximum atomic E-state index is 10.8. The number of ketones is 1. The van der Waals surface area contributed by atoms with Gasteiger partial charge >= 0.3 is 0 Å². The smallest absolute Gasteiger partial charge is 0.129 e. The van der Waals surface area contributed by atoms with Crippen LogP contribution in [-0.4, -0.2) is 5.78 Å². The van der Waals surface area contributed by atoms with Gasteiger partial charge in [-0.15, -0.1) is 0 Å². The van der Waals surface area contributed by atoms with Crippen molar-refractivity contribution in [2.75, 3.05) is 0 Å². The van der Waals surface area contributed by atoms with Crippen LogP contribution in [0.5, 0.6) is 0 Å². The second kappa shape index (κ2) is 7.90. The second-order valence-corrected chi connectivity index (χ2v) is 5.67. The van der Waals surface area contributed by atoms with Crippen molar-refractivity contribution < 1.29 is 4.79 Å². The quantitative estimate of drug-likeness (QED) is 0.581. The first-order chi connectivity index (χ1) is 6.91. The van der Waals surface area contributed by atoms with Crippen LogP contribution in [0.25, 0.3) is 0 Å². The minimum atomic E-state index is 0.331. The highest BCUT2D eigenvalue weighted by atomic mass is 16.1. The van der Waals surface area contributed by atoms with E-state index >= 15 is 0 Å². The van der Waals surface area contributed by atoms with Gasteiger partial charge in [0.2, 0.25) is 0 Å². The topological polar surface area (TPSA) is 17.1 Å². The molecule has 15 heavy (non-hydrogen) atoms. The van der Waals surface area contributed by atoms with Gasteiger partial charge in [-0.1, -0.05) is 34.1 Å². The predicted octanol–water partition coefficient (Wildman–Crippen LogP) is 4.45. The lowest BCUT2D eigenvalue weighted by Gasteiger charge is -2.18. The number of carbonyl (C=O) groups excluding carboxylic acids is 1. The molecule has 0 aliphatic rings. The summed E-state index contributed by atoms with van der Waals surface area (Å²) in [7, 11) is 0. The summed E-state index contributed by atoms with van der Waals surface area (Å²) in [6.45, 7) is 10.9. The van der Waals surface area contributed by atoms with E-state index in [2.05, 4.69) is 27.7 Å². The number of rotatable bonds is 8. The number of hydrogen-bond donors (Lipinski definition) is 0. The molecule has 1 nitrogen and oxygen atoms in total. The molecule has 90 valence electrons. The Balaban J connectivity index is 3.54. The van der Waals surface area contributed by atoms with Crippen molar-refractivity contribution in [2.24, 2.45) is 17.8 Å². The number of carbonyl (C=O) groups is 1. The van der Waals surface area contributed by atoms with E-state index in [4.69, 9.17) is 0 Å². The fraction of sp³-hybridized carbons (Fsp3) is 0.929. The first kappa shape index (κ1) is 14.7. The molecule has 0 aromatic rings. The largest absolute Gasteiger partial charge is 0.300 e. The van der Waals surface area contributed by atoms with Gasteiger partial charge in [-0.25, -0.2) is 0 Å². The van der Waals surface area contributed by atoms with Crippen molar-refractivity contribution in [3.8, 4) is 0 Å². The maximum Gasteiger partial charge on any atom is 0.129 e. The third-order valence-corrected chi connectivity index (χ3v) is 2.90. The summed E-state index contributed by atoms with van der Waals surface area (Å²) in [6, 6.07) is 0. The molecule has 1 heteroatoms. The zero-order valence-corrected chi connectivity index (χ0v) is 11.2. The van der Waals surface area contributed by atoms with Gasteiger partial charge in [0, 0.05) is 6.42 Å². The average Bonchev–Trinajstić information content (AvgIpc) is 2.00. The first-order valence-corrected chi connectivity index (χ1v) is 6.41. The van der Waals surface area contributed by atoms with Crippen molar-refractivity contribution in [2.45, 2.75) is 66.7 Å². The van der Waals surface area contributed by atoms with E-state index in [1.165, 1.54) is 19.3 Å². The van der Waals surface area contributed by atoms with Crippen LogP contribution < -0.4 is 0 Å². The standard InChI is InChI=1S/C14H28O/c1-11(2)9-13(4)10-12(3)7-6-8-14(5)15/h11-13H,6-10H2,1-5H3. The second-order valence-electron chi connectivity index (χ2n) is 5.67. The highest BCUT2D eigenvalue weighted by Gasteiger charge is 2.10. The van der Waals surface area contributed by atoms with Gasteiger partial charge in [0.15, 0.2) is 0 Å². The van der Waals surface area contributed by atoms with Gasteiger partial charge in [0.1, 0.15) is 5.78 Å². The normalized spacial score (nSPS) is 15.3. The molecule has 0 rings (SSSR count). The SMILES string of the molecule is CC(=O)CCCC(C)CC(C)CC(C)C. The number of Topliss-reactive ketones (excluding diaryl/α,β-unsaturated/α-hetero) is 1. The van der Waals surface area contributed by atoms with Gasteiger partial charge in [-0.3, -0.25) is 0 Å². The van der Waals surface area contributed by atoms with E-state index in [0.29, 0.717) is 5.78 Å². The molecule has 0 saturated carbocycles. The Hall–Kier alpha value is -0.330. The van der Waals surface area contributed by atoms with E-state index in [-0.39, 0.29) is 0 Å². The van der Waals surface area contributed by atoms with Crippen molar-refractivity contribution in [1.29, 1.82) is 0 Å². The van der Waals surface area contributed by atoms with Crippen LogP contribution >= 0.6 is 0 Å². The highest BCUT2D eigenvalue weighted by Crippen LogP contribution is 2.22. The van der Waals surface area contributed by atoms with Gasteiger partial charge in [0.05, 0.1) is 0 Å². The molecule has 0 amide bonds. The molecule has 0 aromatic carbocycles. The molecule has 0 aliphatic carbocycles. The van der Waals surface area contributed by atoms with Crippen LogP contribution in [0, 0.1) is 17.8 Å². The third-order valence-electron chi connectivity index (χ3n) is 2.90. The van der Waals surface area contributed by atoms with E-state index in [1.807, 2.05) is 0 Å². The van der Waals surface area contributed by atoms with Gasteiger partial charge < -0.3 is 4.79 Å². The highest BCUT2D eigenvalue weighted by molar-refractivity contribution is 5.75. The summed E-state index contributed by atoms with van der Waals surface area (Å²) in [5.74, 6) is 2.75. The fourth-order valence-corrected chi connectivity index (χ4v) is 2.41. The summed E-state index contributed by atoms with van der Waals surface area (Å²) in [4.78, 5) is 10.8. The van der Waals surface area contributed by atoms with E-state index in [0.717, 1.165) is 30.6 Å². The predicted molar refractivity (Wildman–Crippen MR) is 66.9 cm³/mol. The molecular weight excluding hydrogens is 184 g/mol. The first-order valence-electron chi connectivity index (χ1n) is 6.41. The minimum Gasteiger partial charge on any atom is -0.300 e. The molecule has 0 bridgehead atoms. The molecule has 0 aromatic heterocycles. The van der Waals surface area contributed by atoms with E-state index < -0.39 is 0 Å². The van der Waals surface area contributed by atoms with Crippen LogP contribution in [0.4, 0.5) is 0 Å². The molecule has 0 heterocycles. The van der Waals surface area contributed by atoms with E-state index in [9.17, 15) is 4.79 Å². The fourth-order valence-electron chi connectivity index (χ4n) is 2.41. The minimum absolute atomic E-state index is 0.331. The average molecular weight is 212 g/mol. The number of hydrogen-bond acceptors (Lipinski definition) is 1. The van der Waals surface area contributed by atoms with Crippen molar-refractivity contribution in [1.82, 2.24) is 0 Å².